The van der Waals surface area contributed by atoms with Crippen LogP contribution in [0, 0.1) is 0 Å². The van der Waals surface area contributed by atoms with Crippen LogP contribution < -0.4 is 4.90 Å². The van der Waals surface area contributed by atoms with Crippen LogP contribution in [0.5, 0.6) is 0 Å². The Morgan fingerprint density at radius 2 is 1.41 bits per heavy atom. The van der Waals surface area contributed by atoms with Crippen LogP contribution in [0.15, 0.2) is 48.5 Å². The molecule has 2 aromatic carbocycles. The molecule has 1 saturated heterocycles. The average molecular weight is 387 g/mol. The van der Waals surface area contributed by atoms with Crippen LogP contribution in [0.25, 0.3) is 0 Å². The summed E-state index contributed by atoms with van der Waals surface area (Å²) in [5, 5.41) is 0. The van der Waals surface area contributed by atoms with Gasteiger partial charge in [0.15, 0.2) is 0 Å². The average Bonchev–Trinajstić information content (AvgIpc) is 2.72. The number of nitrogens with zero attached hydrogens (tertiary/aromatic N) is 2. The van der Waals surface area contributed by atoms with E-state index in [-0.39, 0.29) is 5.75 Å². The number of benzene rings is 2. The van der Waals surface area contributed by atoms with Gasteiger partial charge in [-0.2, -0.15) is 4.31 Å². The van der Waals surface area contributed by atoms with Crippen molar-refractivity contribution in [1.82, 2.24) is 4.31 Å². The predicted molar refractivity (Wildman–Crippen MR) is 113 cm³/mol. The maximum Gasteiger partial charge on any atom is 0.214 e. The zero-order valence-electron chi connectivity index (χ0n) is 16.4. The number of piperazine rings is 1. The van der Waals surface area contributed by atoms with Gasteiger partial charge in [-0.25, -0.2) is 8.42 Å². The minimum Gasteiger partial charge on any atom is -0.368 e. The van der Waals surface area contributed by atoms with Crippen molar-refractivity contribution in [2.24, 2.45) is 0 Å². The minimum absolute atomic E-state index is 0.183. The van der Waals surface area contributed by atoms with Gasteiger partial charge in [-0.1, -0.05) is 62.4 Å². The largest absolute Gasteiger partial charge is 0.368 e. The third kappa shape index (κ3) is 4.71. The highest BCUT2D eigenvalue weighted by molar-refractivity contribution is 7.89. The van der Waals surface area contributed by atoms with Gasteiger partial charge >= 0.3 is 0 Å². The number of hydrogen-bond donors (Lipinski definition) is 0. The fraction of sp³-hybridized carbons (Fsp3) is 0.455. The molecule has 0 amide bonds. The molecule has 0 aliphatic carbocycles. The molecule has 0 atom stereocenters. The van der Waals surface area contributed by atoms with Crippen LogP contribution in [0.3, 0.4) is 0 Å². The molecular weight excluding hydrogens is 356 g/mol. The molecule has 0 unspecified atom stereocenters. The Morgan fingerprint density at radius 3 is 1.96 bits per heavy atom. The van der Waals surface area contributed by atoms with Crippen molar-refractivity contribution in [3.63, 3.8) is 0 Å². The Morgan fingerprint density at radius 1 is 0.815 bits per heavy atom. The van der Waals surface area contributed by atoms with Gasteiger partial charge in [0.2, 0.25) is 10.0 Å². The normalized spacial score (nSPS) is 15.9. The number of anilines is 1. The lowest BCUT2D eigenvalue weighted by molar-refractivity contribution is 0.384. The summed E-state index contributed by atoms with van der Waals surface area (Å²) in [5.74, 6) is 0.183. The van der Waals surface area contributed by atoms with Gasteiger partial charge in [-0.3, -0.25) is 0 Å². The van der Waals surface area contributed by atoms with E-state index in [0.29, 0.717) is 19.5 Å². The standard InChI is InChI=1S/C22H30N2O2S/c1-3-20-11-8-12-21(4-2)22(20)23-14-16-24(17-15-23)27(25,26)18-13-19-9-6-5-7-10-19/h5-12H,3-4,13-18H2,1-2H3. The summed E-state index contributed by atoms with van der Waals surface area (Å²) in [6.45, 7) is 7.02. The fourth-order valence-corrected chi connectivity index (χ4v) is 5.30. The van der Waals surface area contributed by atoms with Crippen molar-refractivity contribution in [2.45, 2.75) is 33.1 Å². The molecule has 0 spiro atoms. The summed E-state index contributed by atoms with van der Waals surface area (Å²) in [6.07, 6.45) is 2.57. The summed E-state index contributed by atoms with van der Waals surface area (Å²) >= 11 is 0. The third-order valence-electron chi connectivity index (χ3n) is 5.40. The van der Waals surface area contributed by atoms with Crippen LogP contribution in [0.1, 0.15) is 30.5 Å². The van der Waals surface area contributed by atoms with Crippen molar-refractivity contribution in [1.29, 1.82) is 0 Å². The fourth-order valence-electron chi connectivity index (χ4n) is 3.83. The Balaban J connectivity index is 1.65. The Hall–Kier alpha value is -1.85. The van der Waals surface area contributed by atoms with Gasteiger partial charge in [0.25, 0.3) is 0 Å². The predicted octanol–water partition coefficient (Wildman–Crippen LogP) is 3.51. The lowest BCUT2D eigenvalue weighted by atomic mass is 10.0. The van der Waals surface area contributed by atoms with Gasteiger partial charge in [0.1, 0.15) is 0 Å². The molecule has 0 N–H and O–H groups in total. The maximum absolute atomic E-state index is 12.8. The van der Waals surface area contributed by atoms with Crippen LogP contribution in [-0.2, 0) is 29.3 Å². The van der Waals surface area contributed by atoms with Crippen molar-refractivity contribution in [2.75, 3.05) is 36.8 Å². The molecule has 3 rings (SSSR count). The lowest BCUT2D eigenvalue weighted by Crippen LogP contribution is -2.49. The van der Waals surface area contributed by atoms with Crippen LogP contribution in [-0.4, -0.2) is 44.7 Å². The molecule has 4 nitrogen and oxygen atoms in total. The summed E-state index contributed by atoms with van der Waals surface area (Å²) in [6, 6.07) is 16.4. The third-order valence-corrected chi connectivity index (χ3v) is 7.28. The summed E-state index contributed by atoms with van der Waals surface area (Å²) < 4.78 is 27.2. The minimum atomic E-state index is -3.21. The van der Waals surface area contributed by atoms with E-state index in [1.807, 2.05) is 30.3 Å². The van der Waals surface area contributed by atoms with Crippen LogP contribution in [0.4, 0.5) is 5.69 Å². The topological polar surface area (TPSA) is 40.6 Å². The molecule has 146 valence electrons. The van der Waals surface area contributed by atoms with Crippen molar-refractivity contribution in [3.05, 3.63) is 65.2 Å². The number of hydrogen-bond acceptors (Lipinski definition) is 3. The zero-order valence-corrected chi connectivity index (χ0v) is 17.2. The highest BCUT2D eigenvalue weighted by Crippen LogP contribution is 2.28. The number of sulfonamides is 1. The van der Waals surface area contributed by atoms with Gasteiger partial charge in [-0.15, -0.1) is 0 Å². The van der Waals surface area contributed by atoms with Gasteiger partial charge in [-0.05, 0) is 36.0 Å². The molecule has 0 radical (unpaired) electrons. The first kappa shape index (κ1) is 19.9. The van der Waals surface area contributed by atoms with E-state index in [1.54, 1.807) is 4.31 Å². The Kier molecular flexibility index (Phi) is 6.55. The van der Waals surface area contributed by atoms with E-state index >= 15 is 0 Å². The molecule has 0 saturated carbocycles. The van der Waals surface area contributed by atoms with E-state index in [0.717, 1.165) is 31.5 Å². The highest BCUT2D eigenvalue weighted by atomic mass is 32.2. The smallest absolute Gasteiger partial charge is 0.214 e. The second kappa shape index (κ2) is 8.89. The zero-order chi connectivity index (χ0) is 19.3. The molecule has 1 aliphatic rings. The molecule has 1 fully saturated rings. The van der Waals surface area contributed by atoms with E-state index in [9.17, 15) is 8.42 Å². The second-order valence-electron chi connectivity index (χ2n) is 7.07. The summed E-state index contributed by atoms with van der Waals surface area (Å²) in [7, 11) is -3.21. The van der Waals surface area contributed by atoms with Gasteiger partial charge in [0.05, 0.1) is 5.75 Å². The molecular formula is C22H30N2O2S. The molecule has 27 heavy (non-hydrogen) atoms. The summed E-state index contributed by atoms with van der Waals surface area (Å²) in [4.78, 5) is 2.38. The van der Waals surface area contributed by atoms with E-state index in [2.05, 4.69) is 36.9 Å². The maximum atomic E-state index is 12.8. The van der Waals surface area contributed by atoms with E-state index in [4.69, 9.17) is 0 Å². The van der Waals surface area contributed by atoms with Crippen molar-refractivity contribution < 1.29 is 8.42 Å². The molecule has 5 heteroatoms. The molecule has 1 heterocycles. The first-order valence-electron chi connectivity index (χ1n) is 9.92. The molecule has 1 aliphatic heterocycles. The van der Waals surface area contributed by atoms with E-state index in [1.165, 1.54) is 16.8 Å². The monoisotopic (exact) mass is 386 g/mol. The SMILES string of the molecule is CCc1cccc(CC)c1N1CCN(S(=O)(=O)CCc2ccccc2)CC1. The second-order valence-corrected chi connectivity index (χ2v) is 9.16. The molecule has 0 bridgehead atoms. The van der Waals surface area contributed by atoms with Gasteiger partial charge < -0.3 is 4.90 Å². The first-order chi connectivity index (χ1) is 13.0. The quantitative estimate of drug-likeness (QED) is 0.731. The summed E-state index contributed by atoms with van der Waals surface area (Å²) in [5.41, 5.74) is 5.11. The number of para-hydroxylation sites is 1. The van der Waals surface area contributed by atoms with Crippen molar-refractivity contribution in [3.8, 4) is 0 Å². The molecule has 2 aromatic rings. The molecule has 0 aromatic heterocycles. The van der Waals surface area contributed by atoms with Gasteiger partial charge in [0, 0.05) is 31.9 Å². The number of aryl methyl sites for hydroxylation is 3. The van der Waals surface area contributed by atoms with E-state index < -0.39 is 10.0 Å². The van der Waals surface area contributed by atoms with Crippen LogP contribution >= 0.6 is 0 Å². The van der Waals surface area contributed by atoms with Crippen LogP contribution in [0.2, 0.25) is 0 Å². The lowest BCUT2D eigenvalue weighted by Gasteiger charge is -2.37. The van der Waals surface area contributed by atoms with Crippen molar-refractivity contribution >= 4 is 15.7 Å². The number of rotatable bonds is 7. The Bertz CT molecular complexity index is 820. The Labute approximate surface area is 163 Å². The first-order valence-corrected chi connectivity index (χ1v) is 11.5. The highest BCUT2D eigenvalue weighted by Gasteiger charge is 2.28.